The average Bonchev–Trinajstić information content (AvgIpc) is 2.61. The van der Waals surface area contributed by atoms with E-state index in [4.69, 9.17) is 4.74 Å². The highest BCUT2D eigenvalue weighted by molar-refractivity contribution is 5.64. The maximum Gasteiger partial charge on any atom is 0.123 e. The first-order chi connectivity index (χ1) is 10.9. The van der Waals surface area contributed by atoms with Crippen LogP contribution in [0, 0.1) is 0 Å². The van der Waals surface area contributed by atoms with E-state index in [9.17, 15) is 0 Å². The van der Waals surface area contributed by atoms with Gasteiger partial charge in [0.05, 0.1) is 0 Å². The fourth-order valence-corrected chi connectivity index (χ4v) is 2.60. The molecule has 0 heterocycles. The molecule has 0 saturated carbocycles. The second-order valence-corrected chi connectivity index (χ2v) is 5.32. The predicted octanol–water partition coefficient (Wildman–Crippen LogP) is 5.88. The molecule has 0 amide bonds. The van der Waals surface area contributed by atoms with Crippen LogP contribution in [-0.4, -0.2) is 0 Å². The average molecular weight is 288 g/mol. The third-order valence-electron chi connectivity index (χ3n) is 3.76. The van der Waals surface area contributed by atoms with Gasteiger partial charge >= 0.3 is 0 Å². The first kappa shape index (κ1) is 14.4. The Morgan fingerprint density at radius 3 is 2.05 bits per heavy atom. The van der Waals surface area contributed by atoms with Crippen molar-refractivity contribution in [2.45, 2.75) is 19.4 Å². The fraction of sp³-hybridized carbons (Fsp3) is 0.143. The summed E-state index contributed by atoms with van der Waals surface area (Å²) in [6.45, 7) is 2.15. The summed E-state index contributed by atoms with van der Waals surface area (Å²) in [5, 5.41) is 0. The van der Waals surface area contributed by atoms with Crippen LogP contribution in [0.2, 0.25) is 0 Å². The third kappa shape index (κ3) is 3.37. The molecular formula is C21H20O. The zero-order valence-corrected chi connectivity index (χ0v) is 12.8. The van der Waals surface area contributed by atoms with Gasteiger partial charge < -0.3 is 4.74 Å². The van der Waals surface area contributed by atoms with Crippen LogP contribution in [0.1, 0.15) is 25.0 Å². The Morgan fingerprint density at radius 2 is 1.36 bits per heavy atom. The number of rotatable bonds is 5. The molecule has 1 atom stereocenters. The number of benzene rings is 3. The first-order valence-electron chi connectivity index (χ1n) is 7.74. The second-order valence-electron chi connectivity index (χ2n) is 5.32. The maximum atomic E-state index is 6.21. The van der Waals surface area contributed by atoms with Gasteiger partial charge in [0.1, 0.15) is 11.9 Å². The van der Waals surface area contributed by atoms with Crippen LogP contribution in [-0.2, 0) is 0 Å². The van der Waals surface area contributed by atoms with E-state index in [-0.39, 0.29) is 6.10 Å². The van der Waals surface area contributed by atoms with Crippen molar-refractivity contribution in [3.63, 3.8) is 0 Å². The van der Waals surface area contributed by atoms with Gasteiger partial charge in [-0.1, -0.05) is 79.7 Å². The number of hydrogen-bond donors (Lipinski definition) is 0. The Bertz CT molecular complexity index is 704. The fourth-order valence-electron chi connectivity index (χ4n) is 2.60. The van der Waals surface area contributed by atoms with Crippen molar-refractivity contribution in [2.75, 3.05) is 0 Å². The summed E-state index contributed by atoms with van der Waals surface area (Å²) in [6.07, 6.45) is 1.03. The van der Waals surface area contributed by atoms with Crippen molar-refractivity contribution in [1.82, 2.24) is 0 Å². The minimum absolute atomic E-state index is 0.0900. The number of ether oxygens (including phenoxy) is 1. The lowest BCUT2D eigenvalue weighted by Crippen LogP contribution is -2.06. The van der Waals surface area contributed by atoms with Gasteiger partial charge in [0.15, 0.2) is 0 Å². The maximum absolute atomic E-state index is 6.21. The summed E-state index contributed by atoms with van der Waals surface area (Å²) < 4.78 is 6.21. The summed E-state index contributed by atoms with van der Waals surface area (Å²) in [4.78, 5) is 0. The van der Waals surface area contributed by atoms with Crippen LogP contribution in [0.3, 0.4) is 0 Å². The zero-order chi connectivity index (χ0) is 15.2. The Morgan fingerprint density at radius 1 is 0.727 bits per heavy atom. The van der Waals surface area contributed by atoms with Gasteiger partial charge in [0, 0.05) is 0 Å². The lowest BCUT2D eigenvalue weighted by Gasteiger charge is -2.18. The van der Waals surface area contributed by atoms with Crippen LogP contribution >= 0.6 is 0 Å². The van der Waals surface area contributed by atoms with Crippen molar-refractivity contribution < 1.29 is 4.74 Å². The summed E-state index contributed by atoms with van der Waals surface area (Å²) >= 11 is 0. The molecule has 0 radical (unpaired) electrons. The number of hydrogen-bond acceptors (Lipinski definition) is 1. The topological polar surface area (TPSA) is 9.23 Å². The van der Waals surface area contributed by atoms with Crippen LogP contribution in [0.4, 0.5) is 0 Å². The SMILES string of the molecule is CCC(Oc1cccc(-c2ccccc2)c1)c1ccccc1. The highest BCUT2D eigenvalue weighted by Crippen LogP contribution is 2.28. The van der Waals surface area contributed by atoms with E-state index < -0.39 is 0 Å². The largest absolute Gasteiger partial charge is 0.486 e. The lowest BCUT2D eigenvalue weighted by molar-refractivity contribution is 0.201. The summed E-state index contributed by atoms with van der Waals surface area (Å²) in [5.41, 5.74) is 3.61. The van der Waals surface area contributed by atoms with Crippen molar-refractivity contribution in [2.24, 2.45) is 0 Å². The van der Waals surface area contributed by atoms with E-state index in [0.717, 1.165) is 12.2 Å². The minimum Gasteiger partial charge on any atom is -0.486 e. The summed E-state index contributed by atoms with van der Waals surface area (Å²) in [6, 6.07) is 29.1. The molecule has 0 aliphatic heterocycles. The molecule has 1 heteroatoms. The van der Waals surface area contributed by atoms with Gasteiger partial charge in [0.2, 0.25) is 0 Å². The van der Waals surface area contributed by atoms with Gasteiger partial charge in [-0.3, -0.25) is 0 Å². The van der Waals surface area contributed by atoms with Gasteiger partial charge in [-0.05, 0) is 35.2 Å². The summed E-state index contributed by atoms with van der Waals surface area (Å²) in [5.74, 6) is 0.914. The standard InChI is InChI=1S/C21H20O/c1-2-21(18-12-7-4-8-13-18)22-20-15-9-14-19(16-20)17-10-5-3-6-11-17/h3-16,21H,2H2,1H3. The molecule has 110 valence electrons. The molecule has 0 saturated heterocycles. The molecule has 3 rings (SSSR count). The highest BCUT2D eigenvalue weighted by Gasteiger charge is 2.11. The van der Waals surface area contributed by atoms with E-state index >= 15 is 0 Å². The summed E-state index contributed by atoms with van der Waals surface area (Å²) in [7, 11) is 0. The van der Waals surface area contributed by atoms with Gasteiger partial charge in [0.25, 0.3) is 0 Å². The highest BCUT2D eigenvalue weighted by atomic mass is 16.5. The van der Waals surface area contributed by atoms with E-state index in [1.807, 2.05) is 18.2 Å². The molecule has 0 spiro atoms. The molecule has 0 bridgehead atoms. The van der Waals surface area contributed by atoms with E-state index in [1.54, 1.807) is 0 Å². The molecule has 0 aromatic heterocycles. The smallest absolute Gasteiger partial charge is 0.123 e. The molecular weight excluding hydrogens is 268 g/mol. The van der Waals surface area contributed by atoms with Gasteiger partial charge in [-0.25, -0.2) is 0 Å². The lowest BCUT2D eigenvalue weighted by atomic mass is 10.1. The molecule has 0 fully saturated rings. The first-order valence-corrected chi connectivity index (χ1v) is 7.74. The van der Waals surface area contributed by atoms with E-state index in [1.165, 1.54) is 16.7 Å². The van der Waals surface area contributed by atoms with E-state index in [0.29, 0.717) is 0 Å². The Labute approximate surface area is 132 Å². The van der Waals surface area contributed by atoms with Gasteiger partial charge in [-0.15, -0.1) is 0 Å². The molecule has 1 unspecified atom stereocenters. The Balaban J connectivity index is 1.83. The molecule has 22 heavy (non-hydrogen) atoms. The van der Waals surface area contributed by atoms with Crippen LogP contribution < -0.4 is 4.74 Å². The van der Waals surface area contributed by atoms with Crippen molar-refractivity contribution >= 4 is 0 Å². The quantitative estimate of drug-likeness (QED) is 0.569. The molecule has 0 aliphatic rings. The predicted molar refractivity (Wildman–Crippen MR) is 92.0 cm³/mol. The van der Waals surface area contributed by atoms with Crippen LogP contribution in [0.25, 0.3) is 11.1 Å². The van der Waals surface area contributed by atoms with E-state index in [2.05, 4.69) is 73.7 Å². The molecule has 3 aromatic carbocycles. The van der Waals surface area contributed by atoms with Crippen LogP contribution in [0.5, 0.6) is 5.75 Å². The van der Waals surface area contributed by atoms with Gasteiger partial charge in [-0.2, -0.15) is 0 Å². The second kappa shape index (κ2) is 6.95. The molecule has 0 N–H and O–H groups in total. The van der Waals surface area contributed by atoms with Crippen LogP contribution in [0.15, 0.2) is 84.9 Å². The van der Waals surface area contributed by atoms with Crippen molar-refractivity contribution in [3.05, 3.63) is 90.5 Å². The van der Waals surface area contributed by atoms with Crippen molar-refractivity contribution in [3.8, 4) is 16.9 Å². The molecule has 0 aliphatic carbocycles. The zero-order valence-electron chi connectivity index (χ0n) is 12.8. The molecule has 1 nitrogen and oxygen atoms in total. The normalized spacial score (nSPS) is 11.9. The van der Waals surface area contributed by atoms with Crippen molar-refractivity contribution in [1.29, 1.82) is 0 Å². The monoisotopic (exact) mass is 288 g/mol. The Kier molecular flexibility index (Phi) is 4.55. The third-order valence-corrected chi connectivity index (χ3v) is 3.76. The minimum atomic E-state index is 0.0900. The molecule has 3 aromatic rings. The Hall–Kier alpha value is -2.54.